The van der Waals surface area contributed by atoms with Gasteiger partial charge < -0.3 is 9.47 Å². The minimum absolute atomic E-state index is 0.257. The Kier molecular flexibility index (Phi) is 4.80. The Morgan fingerprint density at radius 2 is 2.15 bits per heavy atom. The van der Waals surface area contributed by atoms with Crippen LogP contribution in [-0.2, 0) is 12.5 Å². The fraction of sp³-hybridized carbons (Fsp3) is 0.200. The van der Waals surface area contributed by atoms with Crippen LogP contribution >= 0.6 is 11.6 Å². The first-order chi connectivity index (χ1) is 9.78. The number of hydrogen-bond acceptors (Lipinski definition) is 4. The van der Waals surface area contributed by atoms with E-state index in [2.05, 4.69) is 4.98 Å². The minimum Gasteiger partial charge on any atom is -0.493 e. The molecule has 0 aliphatic heterocycles. The maximum atomic E-state index is 8.98. The molecule has 0 saturated carbocycles. The number of alkyl halides is 1. The van der Waals surface area contributed by atoms with E-state index < -0.39 is 0 Å². The van der Waals surface area contributed by atoms with Crippen LogP contribution in [0.2, 0.25) is 0 Å². The van der Waals surface area contributed by atoms with Gasteiger partial charge in [0.15, 0.2) is 11.5 Å². The number of halogens is 1. The molecule has 0 aliphatic rings. The summed E-state index contributed by atoms with van der Waals surface area (Å²) in [6.45, 7) is 0.257. The molecular formula is C15H13ClN2O2. The van der Waals surface area contributed by atoms with Gasteiger partial charge in [-0.05, 0) is 23.8 Å². The van der Waals surface area contributed by atoms with Gasteiger partial charge >= 0.3 is 0 Å². The number of pyridine rings is 1. The number of benzene rings is 1. The summed E-state index contributed by atoms with van der Waals surface area (Å²) in [6, 6.07) is 11.1. The van der Waals surface area contributed by atoms with Gasteiger partial charge in [0.05, 0.1) is 7.11 Å². The van der Waals surface area contributed by atoms with Crippen molar-refractivity contribution in [3.63, 3.8) is 0 Å². The summed E-state index contributed by atoms with van der Waals surface area (Å²) in [6.07, 6.45) is 1.58. The van der Waals surface area contributed by atoms with E-state index in [9.17, 15) is 0 Å². The fourth-order valence-electron chi connectivity index (χ4n) is 1.73. The molecule has 2 aromatic rings. The highest BCUT2D eigenvalue weighted by Crippen LogP contribution is 2.29. The van der Waals surface area contributed by atoms with Gasteiger partial charge in [-0.3, -0.25) is 0 Å². The van der Waals surface area contributed by atoms with Gasteiger partial charge in [-0.25, -0.2) is 4.98 Å². The second-order valence-electron chi connectivity index (χ2n) is 4.03. The normalized spacial score (nSPS) is 9.85. The van der Waals surface area contributed by atoms with Crippen molar-refractivity contribution in [2.45, 2.75) is 12.5 Å². The lowest BCUT2D eigenvalue weighted by Gasteiger charge is -2.12. The van der Waals surface area contributed by atoms with E-state index in [0.29, 0.717) is 23.1 Å². The average Bonchev–Trinajstić information content (AvgIpc) is 2.52. The smallest absolute Gasteiger partial charge is 0.161 e. The molecule has 1 aromatic heterocycles. The van der Waals surface area contributed by atoms with Gasteiger partial charge in [0.25, 0.3) is 0 Å². The van der Waals surface area contributed by atoms with E-state index in [-0.39, 0.29) is 6.61 Å². The van der Waals surface area contributed by atoms with Crippen LogP contribution in [0.15, 0.2) is 36.5 Å². The predicted octanol–water partition coefficient (Wildman–Crippen LogP) is 3.28. The van der Waals surface area contributed by atoms with Crippen molar-refractivity contribution in [1.82, 2.24) is 4.98 Å². The summed E-state index contributed by atoms with van der Waals surface area (Å²) >= 11 is 5.78. The van der Waals surface area contributed by atoms with Gasteiger partial charge in [-0.1, -0.05) is 12.1 Å². The topological polar surface area (TPSA) is 55.1 Å². The molecule has 20 heavy (non-hydrogen) atoms. The zero-order valence-corrected chi connectivity index (χ0v) is 11.7. The molecule has 102 valence electrons. The molecule has 0 amide bonds. The van der Waals surface area contributed by atoms with Crippen LogP contribution in [0.4, 0.5) is 0 Å². The summed E-state index contributed by atoms with van der Waals surface area (Å²) < 4.78 is 11.0. The summed E-state index contributed by atoms with van der Waals surface area (Å²) in [5, 5.41) is 8.98. The van der Waals surface area contributed by atoms with Crippen molar-refractivity contribution in [1.29, 1.82) is 5.26 Å². The molecule has 0 radical (unpaired) electrons. The summed E-state index contributed by atoms with van der Waals surface area (Å²) in [5.41, 5.74) is 2.05. The van der Waals surface area contributed by atoms with Crippen LogP contribution in [0.5, 0.6) is 11.5 Å². The molecule has 1 heterocycles. The highest BCUT2D eigenvalue weighted by Gasteiger charge is 2.08. The van der Waals surface area contributed by atoms with E-state index in [1.54, 1.807) is 25.4 Å². The minimum atomic E-state index is 0.257. The van der Waals surface area contributed by atoms with Gasteiger partial charge in [0, 0.05) is 17.6 Å². The maximum Gasteiger partial charge on any atom is 0.161 e. The van der Waals surface area contributed by atoms with E-state index >= 15 is 0 Å². The molecule has 0 N–H and O–H groups in total. The van der Waals surface area contributed by atoms with Crippen LogP contribution in [0.25, 0.3) is 0 Å². The van der Waals surface area contributed by atoms with E-state index in [4.69, 9.17) is 26.3 Å². The summed E-state index contributed by atoms with van der Waals surface area (Å²) in [5.74, 6) is 1.64. The number of ether oxygens (including phenoxy) is 2. The highest BCUT2D eigenvalue weighted by atomic mass is 35.5. The lowest BCUT2D eigenvalue weighted by Crippen LogP contribution is -2.01. The third kappa shape index (κ3) is 3.19. The quantitative estimate of drug-likeness (QED) is 0.792. The molecule has 2 rings (SSSR count). The van der Waals surface area contributed by atoms with Crippen LogP contribution in [0.3, 0.4) is 0 Å². The number of methoxy groups -OCH3 is 1. The molecular weight excluding hydrogens is 276 g/mol. The lowest BCUT2D eigenvalue weighted by molar-refractivity contribution is 0.283. The standard InChI is InChI=1S/C15H13ClN2O2/c1-19-15-7-11(8-16)4-5-14(15)20-10-12-3-2-6-18-13(12)9-17/h2-7H,8,10H2,1H3. The van der Waals surface area contributed by atoms with Gasteiger partial charge in [0.2, 0.25) is 0 Å². The maximum absolute atomic E-state index is 8.98. The average molecular weight is 289 g/mol. The predicted molar refractivity (Wildman–Crippen MR) is 75.8 cm³/mol. The Hall–Kier alpha value is -2.25. The Balaban J connectivity index is 2.17. The third-order valence-electron chi connectivity index (χ3n) is 2.76. The number of aromatic nitrogens is 1. The molecule has 4 nitrogen and oxygen atoms in total. The van der Waals surface area contributed by atoms with Crippen LogP contribution in [-0.4, -0.2) is 12.1 Å². The molecule has 0 aliphatic carbocycles. The number of rotatable bonds is 5. The van der Waals surface area contributed by atoms with Crippen molar-refractivity contribution in [2.24, 2.45) is 0 Å². The van der Waals surface area contributed by atoms with Crippen molar-refractivity contribution < 1.29 is 9.47 Å². The number of nitriles is 1. The monoisotopic (exact) mass is 288 g/mol. The van der Waals surface area contributed by atoms with E-state index in [0.717, 1.165) is 11.1 Å². The van der Waals surface area contributed by atoms with Crippen molar-refractivity contribution in [2.75, 3.05) is 7.11 Å². The zero-order valence-electron chi connectivity index (χ0n) is 11.0. The number of hydrogen-bond donors (Lipinski definition) is 0. The molecule has 0 bridgehead atoms. The van der Waals surface area contributed by atoms with Crippen LogP contribution < -0.4 is 9.47 Å². The van der Waals surface area contributed by atoms with Crippen LogP contribution in [0, 0.1) is 11.3 Å². The fourth-order valence-corrected chi connectivity index (χ4v) is 1.89. The van der Waals surface area contributed by atoms with E-state index in [1.165, 1.54) is 0 Å². The second-order valence-corrected chi connectivity index (χ2v) is 4.30. The molecule has 0 unspecified atom stereocenters. The van der Waals surface area contributed by atoms with Gasteiger partial charge in [-0.2, -0.15) is 5.26 Å². The number of nitrogens with zero attached hydrogens (tertiary/aromatic N) is 2. The van der Waals surface area contributed by atoms with Crippen molar-refractivity contribution >= 4 is 11.6 Å². The first kappa shape index (κ1) is 14.2. The van der Waals surface area contributed by atoms with Crippen LogP contribution in [0.1, 0.15) is 16.8 Å². The summed E-state index contributed by atoms with van der Waals surface area (Å²) in [7, 11) is 1.57. The molecule has 5 heteroatoms. The van der Waals surface area contributed by atoms with Gasteiger partial charge in [0.1, 0.15) is 18.4 Å². The SMILES string of the molecule is COc1cc(CCl)ccc1OCc1cccnc1C#N. The molecule has 0 spiro atoms. The largest absolute Gasteiger partial charge is 0.493 e. The Bertz CT molecular complexity index is 638. The Labute approximate surface area is 122 Å². The first-order valence-electron chi connectivity index (χ1n) is 5.98. The summed E-state index contributed by atoms with van der Waals surface area (Å²) in [4.78, 5) is 3.99. The van der Waals surface area contributed by atoms with Crippen molar-refractivity contribution in [3.05, 3.63) is 53.3 Å². The van der Waals surface area contributed by atoms with E-state index in [1.807, 2.05) is 24.3 Å². The first-order valence-corrected chi connectivity index (χ1v) is 6.51. The molecule has 0 saturated heterocycles. The zero-order chi connectivity index (χ0) is 14.4. The highest BCUT2D eigenvalue weighted by molar-refractivity contribution is 6.17. The molecule has 0 atom stereocenters. The Morgan fingerprint density at radius 3 is 2.85 bits per heavy atom. The second kappa shape index (κ2) is 6.78. The molecule has 0 fully saturated rings. The Morgan fingerprint density at radius 1 is 1.30 bits per heavy atom. The molecule has 1 aromatic carbocycles. The van der Waals surface area contributed by atoms with Gasteiger partial charge in [-0.15, -0.1) is 11.6 Å². The third-order valence-corrected chi connectivity index (χ3v) is 3.07. The lowest BCUT2D eigenvalue weighted by atomic mass is 10.2. The van der Waals surface area contributed by atoms with Crippen molar-refractivity contribution in [3.8, 4) is 17.6 Å².